The van der Waals surface area contributed by atoms with Crippen LogP contribution in [-0.2, 0) is 11.3 Å². The molecule has 8 nitrogen and oxygen atoms in total. The molecule has 1 fully saturated rings. The first-order valence-electron chi connectivity index (χ1n) is 8.76. The van der Waals surface area contributed by atoms with Crippen molar-refractivity contribution < 1.29 is 14.7 Å². The summed E-state index contributed by atoms with van der Waals surface area (Å²) in [5.74, 6) is 0.536. The number of hydrogen-bond donors (Lipinski definition) is 3. The number of amides is 2. The van der Waals surface area contributed by atoms with Crippen molar-refractivity contribution in [1.29, 1.82) is 0 Å². The maximum atomic E-state index is 12.2. The Kier molecular flexibility index (Phi) is 5.50. The van der Waals surface area contributed by atoms with Crippen LogP contribution in [0.3, 0.4) is 0 Å². The summed E-state index contributed by atoms with van der Waals surface area (Å²) in [6, 6.07) is 3.52. The van der Waals surface area contributed by atoms with Crippen molar-refractivity contribution in [2.24, 2.45) is 5.92 Å². The standard InChI is InChI=1S/C18H23N5O3/c1-12-19-9-10-23(12)16-14(3-2-8-20-16)11-21-18(26)22-15-6-4-13(5-7-15)17(24)25/h2-3,8-10,13,15H,4-7,11H2,1H3,(H,24,25)(H2,21,22,26). The number of aliphatic carboxylic acids is 1. The first-order valence-corrected chi connectivity index (χ1v) is 8.76. The molecule has 3 N–H and O–H groups in total. The highest BCUT2D eigenvalue weighted by Gasteiger charge is 2.26. The molecule has 138 valence electrons. The smallest absolute Gasteiger partial charge is 0.315 e. The van der Waals surface area contributed by atoms with Crippen molar-refractivity contribution in [2.45, 2.75) is 45.2 Å². The van der Waals surface area contributed by atoms with Crippen LogP contribution in [0.4, 0.5) is 4.79 Å². The molecule has 0 saturated heterocycles. The monoisotopic (exact) mass is 357 g/mol. The average Bonchev–Trinajstić information content (AvgIpc) is 3.06. The molecule has 26 heavy (non-hydrogen) atoms. The Labute approximate surface area is 151 Å². The highest BCUT2D eigenvalue weighted by Crippen LogP contribution is 2.24. The highest BCUT2D eigenvalue weighted by atomic mass is 16.4. The quantitative estimate of drug-likeness (QED) is 0.758. The van der Waals surface area contributed by atoms with Crippen molar-refractivity contribution in [2.75, 3.05) is 0 Å². The predicted molar refractivity (Wildman–Crippen MR) is 94.8 cm³/mol. The van der Waals surface area contributed by atoms with E-state index in [9.17, 15) is 9.59 Å². The van der Waals surface area contributed by atoms with Crippen LogP contribution in [0.5, 0.6) is 0 Å². The van der Waals surface area contributed by atoms with Gasteiger partial charge in [0, 0.05) is 36.7 Å². The summed E-state index contributed by atoms with van der Waals surface area (Å²) >= 11 is 0. The molecule has 3 rings (SSSR count). The first kappa shape index (κ1) is 17.9. The number of rotatable bonds is 5. The van der Waals surface area contributed by atoms with Crippen molar-refractivity contribution in [3.8, 4) is 5.82 Å². The van der Waals surface area contributed by atoms with Crippen molar-refractivity contribution >= 4 is 12.0 Å². The second-order valence-corrected chi connectivity index (χ2v) is 6.54. The number of imidazole rings is 1. The molecule has 0 aromatic carbocycles. The van der Waals surface area contributed by atoms with Crippen molar-refractivity contribution in [3.05, 3.63) is 42.1 Å². The van der Waals surface area contributed by atoms with E-state index < -0.39 is 5.97 Å². The molecule has 0 unspecified atom stereocenters. The second kappa shape index (κ2) is 7.99. The van der Waals surface area contributed by atoms with E-state index >= 15 is 0 Å². The van der Waals surface area contributed by atoms with Crippen LogP contribution >= 0.6 is 0 Å². The van der Waals surface area contributed by atoms with Gasteiger partial charge in [-0.25, -0.2) is 14.8 Å². The van der Waals surface area contributed by atoms with E-state index in [-0.39, 0.29) is 18.0 Å². The van der Waals surface area contributed by atoms with E-state index in [1.807, 2.05) is 29.8 Å². The van der Waals surface area contributed by atoms with E-state index in [1.165, 1.54) is 0 Å². The number of nitrogens with zero attached hydrogens (tertiary/aromatic N) is 3. The van der Waals surface area contributed by atoms with Gasteiger partial charge in [-0.1, -0.05) is 6.07 Å². The maximum Gasteiger partial charge on any atom is 0.315 e. The topological polar surface area (TPSA) is 109 Å². The zero-order valence-corrected chi connectivity index (χ0v) is 14.7. The fourth-order valence-electron chi connectivity index (χ4n) is 3.28. The van der Waals surface area contributed by atoms with Gasteiger partial charge in [0.25, 0.3) is 0 Å². The fourth-order valence-corrected chi connectivity index (χ4v) is 3.28. The SMILES string of the molecule is Cc1nccn1-c1ncccc1CNC(=O)NC1CCC(C(=O)O)CC1. The third-order valence-electron chi connectivity index (χ3n) is 4.77. The van der Waals surface area contributed by atoms with E-state index in [0.29, 0.717) is 32.2 Å². The van der Waals surface area contributed by atoms with E-state index in [2.05, 4.69) is 20.6 Å². The lowest BCUT2D eigenvalue weighted by atomic mass is 9.86. The summed E-state index contributed by atoms with van der Waals surface area (Å²) in [5.41, 5.74) is 0.887. The van der Waals surface area contributed by atoms with Crippen molar-refractivity contribution in [1.82, 2.24) is 25.2 Å². The molecule has 2 aromatic rings. The number of carboxylic acid groups (broad SMARTS) is 1. The van der Waals surface area contributed by atoms with Gasteiger partial charge in [-0.15, -0.1) is 0 Å². The lowest BCUT2D eigenvalue weighted by Gasteiger charge is -2.26. The molecule has 2 aromatic heterocycles. The third-order valence-corrected chi connectivity index (χ3v) is 4.77. The third kappa shape index (κ3) is 4.19. The number of urea groups is 1. The van der Waals surface area contributed by atoms with E-state index in [4.69, 9.17) is 5.11 Å². The molecule has 0 radical (unpaired) electrons. The fraction of sp³-hybridized carbons (Fsp3) is 0.444. The highest BCUT2D eigenvalue weighted by molar-refractivity contribution is 5.74. The Bertz CT molecular complexity index is 781. The minimum absolute atomic E-state index is 0.0230. The van der Waals surface area contributed by atoms with Gasteiger partial charge in [0.15, 0.2) is 0 Å². The number of carboxylic acids is 1. The number of aryl methyl sites for hydroxylation is 1. The van der Waals surface area contributed by atoms with Gasteiger partial charge in [0.2, 0.25) is 0 Å². The molecule has 0 atom stereocenters. The van der Waals surface area contributed by atoms with Gasteiger partial charge in [-0.2, -0.15) is 0 Å². The van der Waals surface area contributed by atoms with Gasteiger partial charge >= 0.3 is 12.0 Å². The number of aromatic nitrogens is 3. The largest absolute Gasteiger partial charge is 0.481 e. The Morgan fingerprint density at radius 3 is 2.65 bits per heavy atom. The summed E-state index contributed by atoms with van der Waals surface area (Å²) in [5, 5.41) is 14.8. The van der Waals surface area contributed by atoms with Gasteiger partial charge in [0.1, 0.15) is 11.6 Å². The lowest BCUT2D eigenvalue weighted by Crippen LogP contribution is -2.44. The van der Waals surface area contributed by atoms with Gasteiger partial charge in [0.05, 0.1) is 5.92 Å². The molecule has 8 heteroatoms. The van der Waals surface area contributed by atoms with E-state index in [1.54, 1.807) is 12.4 Å². The Morgan fingerprint density at radius 2 is 2.00 bits per heavy atom. The predicted octanol–water partition coefficient (Wildman–Crippen LogP) is 2.02. The summed E-state index contributed by atoms with van der Waals surface area (Å²) in [4.78, 5) is 31.8. The van der Waals surface area contributed by atoms with Gasteiger partial charge < -0.3 is 15.7 Å². The molecule has 1 aliphatic rings. The van der Waals surface area contributed by atoms with E-state index in [0.717, 1.165) is 17.2 Å². The summed E-state index contributed by atoms with van der Waals surface area (Å²) < 4.78 is 1.88. The number of carbonyl (C=O) groups excluding carboxylic acids is 1. The van der Waals surface area contributed by atoms with Crippen LogP contribution in [0.15, 0.2) is 30.7 Å². The van der Waals surface area contributed by atoms with Gasteiger partial charge in [-0.05, 0) is 38.7 Å². The summed E-state index contributed by atoms with van der Waals surface area (Å²) in [6.45, 7) is 2.24. The molecule has 1 aliphatic carbocycles. The maximum absolute atomic E-state index is 12.2. The van der Waals surface area contributed by atoms with Crippen LogP contribution in [0.1, 0.15) is 37.1 Å². The van der Waals surface area contributed by atoms with Crippen molar-refractivity contribution in [3.63, 3.8) is 0 Å². The molecule has 0 bridgehead atoms. The number of hydrogen-bond acceptors (Lipinski definition) is 4. The molecular formula is C18H23N5O3. The summed E-state index contributed by atoms with van der Waals surface area (Å²) in [7, 11) is 0. The van der Waals surface area contributed by atoms with Crippen LogP contribution in [0, 0.1) is 12.8 Å². The Balaban J connectivity index is 1.54. The van der Waals surface area contributed by atoms with Crippen LogP contribution in [0.2, 0.25) is 0 Å². The lowest BCUT2D eigenvalue weighted by molar-refractivity contribution is -0.142. The molecule has 0 spiro atoms. The molecule has 1 saturated carbocycles. The minimum Gasteiger partial charge on any atom is -0.481 e. The minimum atomic E-state index is -0.744. The molecule has 2 heterocycles. The zero-order valence-electron chi connectivity index (χ0n) is 14.7. The van der Waals surface area contributed by atoms with Crippen LogP contribution in [0.25, 0.3) is 5.82 Å². The first-order chi connectivity index (χ1) is 12.5. The molecular weight excluding hydrogens is 334 g/mol. The van der Waals surface area contributed by atoms with Crippen LogP contribution in [-0.4, -0.2) is 37.7 Å². The summed E-state index contributed by atoms with van der Waals surface area (Å²) in [6.07, 6.45) is 7.84. The normalized spacial score (nSPS) is 19.7. The Hall–Kier alpha value is -2.90. The van der Waals surface area contributed by atoms with Gasteiger partial charge in [-0.3, -0.25) is 9.36 Å². The van der Waals surface area contributed by atoms with Crippen LogP contribution < -0.4 is 10.6 Å². The molecule has 0 aliphatic heterocycles. The number of pyridine rings is 1. The number of nitrogens with one attached hydrogen (secondary N) is 2. The second-order valence-electron chi connectivity index (χ2n) is 6.54. The zero-order chi connectivity index (χ0) is 18.5. The number of carbonyl (C=O) groups is 2. The average molecular weight is 357 g/mol. The molecule has 2 amide bonds. The Morgan fingerprint density at radius 1 is 1.23 bits per heavy atom.